The monoisotopic (exact) mass is 191 g/mol. The molecule has 0 saturated carbocycles. The molecule has 64 valence electrons. The molecule has 2 N–H and O–H groups in total. The van der Waals surface area contributed by atoms with Crippen LogP contribution in [0, 0.1) is 12.3 Å². The first kappa shape index (κ1) is 8.03. The van der Waals surface area contributed by atoms with Crippen LogP contribution in [0.15, 0.2) is 22.6 Å². The number of anilines is 1. The maximum Gasteiger partial charge on any atom is 0.200 e. The summed E-state index contributed by atoms with van der Waals surface area (Å²) in [6.07, 6.45) is 5.20. The predicted molar refractivity (Wildman–Crippen MR) is 53.6 cm³/mol. The van der Waals surface area contributed by atoms with Crippen LogP contribution in [0.25, 0.3) is 11.0 Å². The van der Waals surface area contributed by atoms with Crippen molar-refractivity contribution < 1.29 is 4.42 Å². The van der Waals surface area contributed by atoms with Crippen LogP contribution >= 0.6 is 11.6 Å². The molecule has 0 aliphatic carbocycles. The molecular weight excluding hydrogens is 186 g/mol. The summed E-state index contributed by atoms with van der Waals surface area (Å²) in [4.78, 5) is 0. The normalized spacial score (nSPS) is 10.2. The van der Waals surface area contributed by atoms with Crippen molar-refractivity contribution in [1.29, 1.82) is 0 Å². The van der Waals surface area contributed by atoms with Gasteiger partial charge in [-0.2, -0.15) is 0 Å². The van der Waals surface area contributed by atoms with Gasteiger partial charge in [0, 0.05) is 10.4 Å². The molecule has 13 heavy (non-hydrogen) atoms. The van der Waals surface area contributed by atoms with E-state index in [-0.39, 0.29) is 0 Å². The molecule has 0 unspecified atom stereocenters. The maximum atomic E-state index is 5.79. The van der Waals surface area contributed by atoms with Gasteiger partial charge in [-0.05, 0) is 24.1 Å². The van der Waals surface area contributed by atoms with Gasteiger partial charge in [-0.25, -0.2) is 0 Å². The van der Waals surface area contributed by atoms with E-state index >= 15 is 0 Å². The number of benzene rings is 1. The second-order valence-electron chi connectivity index (χ2n) is 2.63. The Morgan fingerprint density at radius 3 is 2.92 bits per heavy atom. The number of nitrogen functional groups attached to an aromatic ring is 1. The Morgan fingerprint density at radius 1 is 1.46 bits per heavy atom. The number of terminal acetylenes is 1. The van der Waals surface area contributed by atoms with Gasteiger partial charge in [0.1, 0.15) is 5.58 Å². The number of fused-ring (bicyclic) bond motifs is 1. The van der Waals surface area contributed by atoms with Crippen LogP contribution in [0.1, 0.15) is 5.76 Å². The van der Waals surface area contributed by atoms with Crippen LogP contribution in [0.2, 0.25) is 5.02 Å². The third-order valence-electron chi connectivity index (χ3n) is 1.82. The summed E-state index contributed by atoms with van der Waals surface area (Å²) >= 11 is 5.79. The van der Waals surface area contributed by atoms with E-state index in [1.165, 1.54) is 0 Å². The standard InChI is InChI=1S/C10H6ClNO/c1-2-8-10(12)7-5-6(11)3-4-9(7)13-8/h1,3-5H,12H2. The number of hydrogen-bond donors (Lipinski definition) is 1. The Hall–Kier alpha value is -1.59. The minimum atomic E-state index is 0.359. The summed E-state index contributed by atoms with van der Waals surface area (Å²) < 4.78 is 5.28. The highest BCUT2D eigenvalue weighted by Crippen LogP contribution is 2.29. The molecule has 1 heterocycles. The van der Waals surface area contributed by atoms with Crippen molar-refractivity contribution in [3.05, 3.63) is 29.0 Å². The van der Waals surface area contributed by atoms with Gasteiger partial charge in [-0.15, -0.1) is 6.42 Å². The van der Waals surface area contributed by atoms with Gasteiger partial charge in [-0.3, -0.25) is 0 Å². The van der Waals surface area contributed by atoms with Gasteiger partial charge >= 0.3 is 0 Å². The van der Waals surface area contributed by atoms with Crippen LogP contribution < -0.4 is 5.73 Å². The molecule has 3 heteroatoms. The first-order valence-electron chi connectivity index (χ1n) is 3.66. The highest BCUT2D eigenvalue weighted by molar-refractivity contribution is 6.31. The highest BCUT2D eigenvalue weighted by atomic mass is 35.5. The quantitative estimate of drug-likeness (QED) is 0.651. The molecule has 0 atom stereocenters. The molecule has 1 aromatic carbocycles. The molecule has 2 nitrogen and oxygen atoms in total. The van der Waals surface area contributed by atoms with Crippen LogP contribution in [0.5, 0.6) is 0 Å². The smallest absolute Gasteiger partial charge is 0.200 e. The fourth-order valence-corrected chi connectivity index (χ4v) is 1.37. The Labute approximate surface area is 80.3 Å². The SMILES string of the molecule is C#Cc1oc2ccc(Cl)cc2c1N. The van der Waals surface area contributed by atoms with E-state index in [1.54, 1.807) is 18.2 Å². The van der Waals surface area contributed by atoms with Crippen molar-refractivity contribution in [2.45, 2.75) is 0 Å². The fraction of sp³-hybridized carbons (Fsp3) is 0. The summed E-state index contributed by atoms with van der Waals surface area (Å²) in [5, 5.41) is 1.38. The molecule has 0 aliphatic rings. The Morgan fingerprint density at radius 2 is 2.23 bits per heavy atom. The van der Waals surface area contributed by atoms with Gasteiger partial charge in [0.2, 0.25) is 5.76 Å². The van der Waals surface area contributed by atoms with Crippen LogP contribution in [-0.4, -0.2) is 0 Å². The average Bonchev–Trinajstić information content (AvgIpc) is 2.44. The van der Waals surface area contributed by atoms with Crippen LogP contribution in [0.4, 0.5) is 5.69 Å². The van der Waals surface area contributed by atoms with E-state index in [0.29, 0.717) is 22.1 Å². The maximum absolute atomic E-state index is 5.79. The van der Waals surface area contributed by atoms with Crippen molar-refractivity contribution >= 4 is 28.3 Å². The van der Waals surface area contributed by atoms with Crippen molar-refractivity contribution in [2.75, 3.05) is 5.73 Å². The topological polar surface area (TPSA) is 39.2 Å². The lowest BCUT2D eigenvalue weighted by molar-refractivity contribution is 0.603. The van der Waals surface area contributed by atoms with E-state index in [1.807, 2.05) is 0 Å². The summed E-state index contributed by atoms with van der Waals surface area (Å²) in [7, 11) is 0. The Bertz CT molecular complexity index is 507. The summed E-state index contributed by atoms with van der Waals surface area (Å²) in [5.41, 5.74) is 6.86. The molecule has 0 bridgehead atoms. The molecule has 0 fully saturated rings. The first-order chi connectivity index (χ1) is 6.22. The zero-order chi connectivity index (χ0) is 9.42. The molecule has 1 aromatic heterocycles. The molecule has 0 amide bonds. The van der Waals surface area contributed by atoms with Gasteiger partial charge in [0.25, 0.3) is 0 Å². The fourth-order valence-electron chi connectivity index (χ4n) is 1.20. The summed E-state index contributed by atoms with van der Waals surface area (Å²) in [6.45, 7) is 0. The molecule has 2 aromatic rings. The van der Waals surface area contributed by atoms with Crippen molar-refractivity contribution in [3.63, 3.8) is 0 Å². The largest absolute Gasteiger partial charge is 0.445 e. The third kappa shape index (κ3) is 1.14. The lowest BCUT2D eigenvalue weighted by Crippen LogP contribution is -1.84. The summed E-state index contributed by atoms with van der Waals surface area (Å²) in [6, 6.07) is 5.21. The number of rotatable bonds is 0. The van der Waals surface area contributed by atoms with Crippen molar-refractivity contribution in [2.24, 2.45) is 0 Å². The van der Waals surface area contributed by atoms with E-state index in [9.17, 15) is 0 Å². The minimum Gasteiger partial charge on any atom is -0.445 e. The molecule has 0 spiro atoms. The first-order valence-corrected chi connectivity index (χ1v) is 4.04. The minimum absolute atomic E-state index is 0.359. The van der Waals surface area contributed by atoms with Gasteiger partial charge in [-0.1, -0.05) is 11.6 Å². The van der Waals surface area contributed by atoms with Gasteiger partial charge in [0.15, 0.2) is 0 Å². The molecule has 0 saturated heterocycles. The molecule has 0 aliphatic heterocycles. The van der Waals surface area contributed by atoms with Crippen molar-refractivity contribution in [3.8, 4) is 12.3 Å². The van der Waals surface area contributed by atoms with Crippen molar-refractivity contribution in [1.82, 2.24) is 0 Å². The lowest BCUT2D eigenvalue weighted by Gasteiger charge is -1.89. The van der Waals surface area contributed by atoms with Gasteiger partial charge in [0.05, 0.1) is 5.69 Å². The predicted octanol–water partition coefficient (Wildman–Crippen LogP) is 2.65. The van der Waals surface area contributed by atoms with Crippen LogP contribution in [-0.2, 0) is 0 Å². The third-order valence-corrected chi connectivity index (χ3v) is 2.05. The van der Waals surface area contributed by atoms with Crippen LogP contribution in [0.3, 0.4) is 0 Å². The van der Waals surface area contributed by atoms with E-state index in [4.69, 9.17) is 28.2 Å². The van der Waals surface area contributed by atoms with E-state index in [2.05, 4.69) is 5.92 Å². The number of halogens is 1. The zero-order valence-corrected chi connectivity index (χ0v) is 7.43. The van der Waals surface area contributed by atoms with E-state index in [0.717, 1.165) is 5.39 Å². The summed E-state index contributed by atoms with van der Waals surface area (Å²) in [5.74, 6) is 2.73. The number of hydrogen-bond acceptors (Lipinski definition) is 2. The molecule has 2 rings (SSSR count). The zero-order valence-electron chi connectivity index (χ0n) is 6.67. The van der Waals surface area contributed by atoms with Gasteiger partial charge < -0.3 is 10.2 Å². The number of nitrogens with two attached hydrogens (primary N) is 1. The Balaban J connectivity index is 2.87. The number of furan rings is 1. The highest BCUT2D eigenvalue weighted by Gasteiger charge is 2.08. The average molecular weight is 192 g/mol. The second-order valence-corrected chi connectivity index (χ2v) is 3.07. The molecule has 0 radical (unpaired) electrons. The van der Waals surface area contributed by atoms with E-state index < -0.39 is 0 Å². The second kappa shape index (κ2) is 2.72. The lowest BCUT2D eigenvalue weighted by atomic mass is 10.2. The molecular formula is C10H6ClNO. The Kier molecular flexibility index (Phi) is 1.68.